The van der Waals surface area contributed by atoms with Crippen LogP contribution in [0.1, 0.15) is 46.0 Å². The highest BCUT2D eigenvalue weighted by atomic mass is 16.3. The highest BCUT2D eigenvalue weighted by molar-refractivity contribution is 4.89. The first-order valence-electron chi connectivity index (χ1n) is 8.49. The molecule has 4 nitrogen and oxygen atoms in total. The monoisotopic (exact) mass is 283 g/mol. The molecule has 0 aromatic heterocycles. The Labute approximate surface area is 124 Å². The SMILES string of the molecule is CCCNC(C)(CO)CN1CCN(C2CCCC2)CC1. The summed E-state index contributed by atoms with van der Waals surface area (Å²) in [4.78, 5) is 5.21. The topological polar surface area (TPSA) is 38.7 Å². The van der Waals surface area contributed by atoms with Crippen molar-refractivity contribution in [1.82, 2.24) is 15.1 Å². The molecule has 118 valence electrons. The molecule has 0 spiro atoms. The molecular formula is C16H33N3O. The lowest BCUT2D eigenvalue weighted by Crippen LogP contribution is -2.58. The quantitative estimate of drug-likeness (QED) is 0.739. The lowest BCUT2D eigenvalue weighted by Gasteiger charge is -2.41. The van der Waals surface area contributed by atoms with Crippen molar-refractivity contribution in [2.75, 3.05) is 45.9 Å². The molecule has 0 aromatic rings. The molecule has 1 saturated carbocycles. The molecule has 20 heavy (non-hydrogen) atoms. The fourth-order valence-electron chi connectivity index (χ4n) is 3.64. The van der Waals surface area contributed by atoms with Crippen molar-refractivity contribution in [3.63, 3.8) is 0 Å². The second-order valence-corrected chi connectivity index (χ2v) is 6.90. The number of nitrogens with one attached hydrogen (secondary N) is 1. The molecule has 0 radical (unpaired) electrons. The second-order valence-electron chi connectivity index (χ2n) is 6.90. The van der Waals surface area contributed by atoms with Gasteiger partial charge in [-0.2, -0.15) is 0 Å². The fourth-order valence-corrected chi connectivity index (χ4v) is 3.64. The van der Waals surface area contributed by atoms with Gasteiger partial charge in [0.1, 0.15) is 0 Å². The number of rotatable bonds is 7. The van der Waals surface area contributed by atoms with Gasteiger partial charge >= 0.3 is 0 Å². The van der Waals surface area contributed by atoms with Crippen molar-refractivity contribution in [2.45, 2.75) is 57.5 Å². The fraction of sp³-hybridized carbons (Fsp3) is 1.00. The van der Waals surface area contributed by atoms with Crippen LogP contribution in [-0.4, -0.2) is 72.4 Å². The minimum absolute atomic E-state index is 0.147. The van der Waals surface area contributed by atoms with Crippen LogP contribution < -0.4 is 5.32 Å². The molecule has 1 aliphatic heterocycles. The van der Waals surface area contributed by atoms with Crippen LogP contribution in [0, 0.1) is 0 Å². The second kappa shape index (κ2) is 7.74. The van der Waals surface area contributed by atoms with Crippen LogP contribution in [0.4, 0.5) is 0 Å². The third-order valence-corrected chi connectivity index (χ3v) is 4.97. The highest BCUT2D eigenvalue weighted by Gasteiger charge is 2.30. The lowest BCUT2D eigenvalue weighted by molar-refractivity contribution is 0.0620. The van der Waals surface area contributed by atoms with Crippen molar-refractivity contribution < 1.29 is 5.11 Å². The Kier molecular flexibility index (Phi) is 6.27. The van der Waals surface area contributed by atoms with Crippen LogP contribution in [0.25, 0.3) is 0 Å². The summed E-state index contributed by atoms with van der Waals surface area (Å²) in [5.74, 6) is 0. The molecule has 1 saturated heterocycles. The average molecular weight is 283 g/mol. The average Bonchev–Trinajstić information content (AvgIpc) is 3.00. The number of nitrogens with zero attached hydrogens (tertiary/aromatic N) is 2. The number of aliphatic hydroxyl groups excluding tert-OH is 1. The Bertz CT molecular complexity index is 273. The summed E-state index contributed by atoms with van der Waals surface area (Å²) in [6.07, 6.45) is 6.78. The van der Waals surface area contributed by atoms with Gasteiger partial charge in [-0.05, 0) is 32.7 Å². The molecule has 2 fully saturated rings. The molecule has 1 atom stereocenters. The number of piperazine rings is 1. The van der Waals surface area contributed by atoms with Crippen LogP contribution in [0.5, 0.6) is 0 Å². The zero-order valence-electron chi connectivity index (χ0n) is 13.4. The lowest BCUT2D eigenvalue weighted by atomic mass is 10.0. The van der Waals surface area contributed by atoms with Crippen molar-refractivity contribution in [3.8, 4) is 0 Å². The van der Waals surface area contributed by atoms with Crippen LogP contribution >= 0.6 is 0 Å². The van der Waals surface area contributed by atoms with E-state index in [-0.39, 0.29) is 12.1 Å². The molecule has 0 amide bonds. The highest BCUT2D eigenvalue weighted by Crippen LogP contribution is 2.24. The van der Waals surface area contributed by atoms with Crippen molar-refractivity contribution in [1.29, 1.82) is 0 Å². The van der Waals surface area contributed by atoms with Gasteiger partial charge in [0.2, 0.25) is 0 Å². The first-order valence-corrected chi connectivity index (χ1v) is 8.49. The van der Waals surface area contributed by atoms with Gasteiger partial charge in [-0.25, -0.2) is 0 Å². The Morgan fingerprint density at radius 3 is 2.35 bits per heavy atom. The smallest absolute Gasteiger partial charge is 0.0623 e. The Hall–Kier alpha value is -0.160. The first-order chi connectivity index (χ1) is 9.67. The van der Waals surface area contributed by atoms with E-state index in [2.05, 4.69) is 29.0 Å². The standard InChI is InChI=1S/C16H33N3O/c1-3-8-17-16(2,14-20)13-18-9-11-19(12-10-18)15-6-4-5-7-15/h15,17,20H,3-14H2,1-2H3. The third kappa shape index (κ3) is 4.42. The van der Waals surface area contributed by atoms with Crippen LogP contribution in [-0.2, 0) is 0 Å². The third-order valence-electron chi connectivity index (χ3n) is 4.97. The van der Waals surface area contributed by atoms with E-state index in [4.69, 9.17) is 0 Å². The maximum Gasteiger partial charge on any atom is 0.0623 e. The van der Waals surface area contributed by atoms with Crippen molar-refractivity contribution in [3.05, 3.63) is 0 Å². The van der Waals surface area contributed by atoms with Gasteiger partial charge in [-0.3, -0.25) is 9.80 Å². The van der Waals surface area contributed by atoms with Crippen molar-refractivity contribution >= 4 is 0 Å². The van der Waals surface area contributed by atoms with Gasteiger partial charge < -0.3 is 10.4 Å². The zero-order chi connectivity index (χ0) is 14.4. The van der Waals surface area contributed by atoms with E-state index in [1.54, 1.807) is 0 Å². The van der Waals surface area contributed by atoms with E-state index >= 15 is 0 Å². The summed E-state index contributed by atoms with van der Waals surface area (Å²) < 4.78 is 0. The molecule has 2 rings (SSSR count). The summed E-state index contributed by atoms with van der Waals surface area (Å²) in [6.45, 7) is 11.2. The molecular weight excluding hydrogens is 250 g/mol. The molecule has 1 heterocycles. The van der Waals surface area contributed by atoms with Gasteiger partial charge in [-0.1, -0.05) is 19.8 Å². The Balaban J connectivity index is 1.74. The van der Waals surface area contributed by atoms with E-state index in [9.17, 15) is 5.11 Å². The first kappa shape index (κ1) is 16.2. The Morgan fingerprint density at radius 1 is 1.15 bits per heavy atom. The van der Waals surface area contributed by atoms with E-state index in [0.29, 0.717) is 0 Å². The van der Waals surface area contributed by atoms with Gasteiger partial charge in [0.15, 0.2) is 0 Å². The van der Waals surface area contributed by atoms with E-state index < -0.39 is 0 Å². The predicted molar refractivity (Wildman–Crippen MR) is 84.1 cm³/mol. The van der Waals surface area contributed by atoms with E-state index in [0.717, 1.165) is 38.6 Å². The number of hydrogen-bond acceptors (Lipinski definition) is 4. The summed E-state index contributed by atoms with van der Waals surface area (Å²) >= 11 is 0. The van der Waals surface area contributed by atoms with Crippen LogP contribution in [0.3, 0.4) is 0 Å². The van der Waals surface area contributed by atoms with Gasteiger partial charge in [0, 0.05) is 38.8 Å². The summed E-state index contributed by atoms with van der Waals surface area (Å²) in [5, 5.41) is 13.2. The zero-order valence-corrected chi connectivity index (χ0v) is 13.4. The molecule has 4 heteroatoms. The maximum absolute atomic E-state index is 9.67. The summed E-state index contributed by atoms with van der Waals surface area (Å²) in [7, 11) is 0. The van der Waals surface area contributed by atoms with E-state index in [1.807, 2.05) is 0 Å². The number of aliphatic hydroxyl groups is 1. The van der Waals surface area contributed by atoms with Gasteiger partial charge in [0.05, 0.1) is 12.1 Å². The molecule has 1 aliphatic carbocycles. The van der Waals surface area contributed by atoms with E-state index in [1.165, 1.54) is 38.8 Å². The number of hydrogen-bond donors (Lipinski definition) is 2. The van der Waals surface area contributed by atoms with Gasteiger partial charge in [0.25, 0.3) is 0 Å². The Morgan fingerprint density at radius 2 is 1.80 bits per heavy atom. The summed E-state index contributed by atoms with van der Waals surface area (Å²) in [5.41, 5.74) is -0.147. The van der Waals surface area contributed by atoms with Crippen LogP contribution in [0.2, 0.25) is 0 Å². The van der Waals surface area contributed by atoms with Crippen molar-refractivity contribution in [2.24, 2.45) is 0 Å². The molecule has 0 bridgehead atoms. The minimum Gasteiger partial charge on any atom is -0.394 e. The normalized spacial score (nSPS) is 25.9. The minimum atomic E-state index is -0.147. The molecule has 0 aromatic carbocycles. The van der Waals surface area contributed by atoms with Crippen LogP contribution in [0.15, 0.2) is 0 Å². The largest absolute Gasteiger partial charge is 0.394 e. The van der Waals surface area contributed by atoms with Gasteiger partial charge in [-0.15, -0.1) is 0 Å². The summed E-state index contributed by atoms with van der Waals surface area (Å²) in [6, 6.07) is 0.861. The predicted octanol–water partition coefficient (Wildman–Crippen LogP) is 1.30. The molecule has 2 N–H and O–H groups in total. The molecule has 1 unspecified atom stereocenters. The molecule has 2 aliphatic rings. The maximum atomic E-state index is 9.67.